The van der Waals surface area contributed by atoms with Crippen molar-refractivity contribution in [1.82, 2.24) is 5.16 Å². The van der Waals surface area contributed by atoms with Gasteiger partial charge in [-0.25, -0.2) is 0 Å². The van der Waals surface area contributed by atoms with E-state index in [9.17, 15) is 9.59 Å². The molecule has 1 aliphatic rings. The lowest BCUT2D eigenvalue weighted by Crippen LogP contribution is -2.26. The number of ketones is 1. The number of aryl methyl sites for hydroxylation is 1. The first-order valence-electron chi connectivity index (χ1n) is 6.82. The van der Waals surface area contributed by atoms with E-state index in [0.717, 1.165) is 5.56 Å². The third-order valence-corrected chi connectivity index (χ3v) is 3.89. The van der Waals surface area contributed by atoms with Crippen molar-refractivity contribution in [3.05, 3.63) is 35.2 Å². The van der Waals surface area contributed by atoms with Gasteiger partial charge in [0.2, 0.25) is 0 Å². The van der Waals surface area contributed by atoms with Crippen molar-refractivity contribution in [2.45, 2.75) is 13.3 Å². The van der Waals surface area contributed by atoms with Crippen LogP contribution in [0.5, 0.6) is 5.75 Å². The van der Waals surface area contributed by atoms with Gasteiger partial charge in [-0.15, -0.1) is 0 Å². The lowest BCUT2D eigenvalue weighted by Gasteiger charge is -2.12. The minimum absolute atomic E-state index is 0.138. The summed E-state index contributed by atoms with van der Waals surface area (Å²) in [4.78, 5) is 24.7. The van der Waals surface area contributed by atoms with Crippen LogP contribution in [0.2, 0.25) is 0 Å². The molecular formula is C16H15NO5. The van der Waals surface area contributed by atoms with Gasteiger partial charge in [-0.2, -0.15) is 0 Å². The maximum atomic E-state index is 12.8. The van der Waals surface area contributed by atoms with Crippen molar-refractivity contribution < 1.29 is 23.6 Å². The largest absolute Gasteiger partial charge is 0.497 e. The zero-order valence-electron chi connectivity index (χ0n) is 12.5. The molecule has 0 fully saturated rings. The highest BCUT2D eigenvalue weighted by Crippen LogP contribution is 2.38. The van der Waals surface area contributed by atoms with Crippen LogP contribution < -0.4 is 4.74 Å². The van der Waals surface area contributed by atoms with E-state index in [-0.39, 0.29) is 12.2 Å². The summed E-state index contributed by atoms with van der Waals surface area (Å²) in [5.41, 5.74) is 2.56. The Morgan fingerprint density at radius 2 is 2.09 bits per heavy atom. The second kappa shape index (κ2) is 5.29. The molecular weight excluding hydrogens is 286 g/mol. The third kappa shape index (κ3) is 2.07. The summed E-state index contributed by atoms with van der Waals surface area (Å²) in [6.45, 7) is 1.80. The average Bonchev–Trinajstić information content (AvgIpc) is 2.85. The topological polar surface area (TPSA) is 78.6 Å². The molecule has 0 saturated carbocycles. The van der Waals surface area contributed by atoms with Crippen LogP contribution in [-0.4, -0.2) is 31.1 Å². The molecule has 0 amide bonds. The lowest BCUT2D eigenvalue weighted by molar-refractivity contribution is -0.143. The Bertz CT molecular complexity index is 762. The van der Waals surface area contributed by atoms with Crippen LogP contribution in [0, 0.1) is 12.8 Å². The van der Waals surface area contributed by atoms with Crippen molar-refractivity contribution in [2.24, 2.45) is 5.92 Å². The molecule has 2 aromatic rings. The summed E-state index contributed by atoms with van der Waals surface area (Å²) in [6, 6.07) is 5.19. The van der Waals surface area contributed by atoms with Crippen molar-refractivity contribution >= 4 is 11.8 Å². The molecule has 0 spiro atoms. The highest BCUT2D eigenvalue weighted by molar-refractivity contribution is 6.13. The number of carbonyl (C=O) groups is 2. The SMILES string of the molecule is COC(=O)C1Cc2onc(C)c2-c2ccc(OC)cc2C1=O. The molecule has 1 heterocycles. The number of rotatable bonds is 2. The van der Waals surface area contributed by atoms with Crippen molar-refractivity contribution in [2.75, 3.05) is 14.2 Å². The molecule has 1 aromatic carbocycles. The number of aromatic nitrogens is 1. The van der Waals surface area contributed by atoms with Gasteiger partial charge in [0.15, 0.2) is 5.78 Å². The van der Waals surface area contributed by atoms with Gasteiger partial charge in [0, 0.05) is 17.5 Å². The van der Waals surface area contributed by atoms with Crippen molar-refractivity contribution in [3.63, 3.8) is 0 Å². The molecule has 22 heavy (non-hydrogen) atoms. The molecule has 0 radical (unpaired) electrons. The van der Waals surface area contributed by atoms with E-state index in [1.54, 1.807) is 25.1 Å². The predicted molar refractivity (Wildman–Crippen MR) is 76.8 cm³/mol. The van der Waals surface area contributed by atoms with E-state index >= 15 is 0 Å². The monoisotopic (exact) mass is 301 g/mol. The van der Waals surface area contributed by atoms with E-state index in [1.807, 2.05) is 0 Å². The van der Waals surface area contributed by atoms with Gasteiger partial charge in [-0.1, -0.05) is 5.16 Å². The molecule has 1 aromatic heterocycles. The molecule has 1 aliphatic carbocycles. The number of methoxy groups -OCH3 is 2. The maximum absolute atomic E-state index is 12.8. The normalized spacial score (nSPS) is 16.5. The first-order chi connectivity index (χ1) is 10.6. The number of hydrogen-bond donors (Lipinski definition) is 0. The Hall–Kier alpha value is -2.63. The van der Waals surface area contributed by atoms with Crippen LogP contribution >= 0.6 is 0 Å². The molecule has 6 nitrogen and oxygen atoms in total. The van der Waals surface area contributed by atoms with Gasteiger partial charge in [0.1, 0.15) is 17.4 Å². The summed E-state index contributed by atoms with van der Waals surface area (Å²) >= 11 is 0. The first-order valence-corrected chi connectivity index (χ1v) is 6.82. The van der Waals surface area contributed by atoms with Crippen molar-refractivity contribution in [1.29, 1.82) is 0 Å². The van der Waals surface area contributed by atoms with E-state index < -0.39 is 11.9 Å². The number of benzene rings is 1. The predicted octanol–water partition coefficient (Wildman–Crippen LogP) is 2.19. The molecule has 3 rings (SSSR count). The Kier molecular flexibility index (Phi) is 3.44. The summed E-state index contributed by atoms with van der Waals surface area (Å²) in [5.74, 6) is -0.755. The second-order valence-electron chi connectivity index (χ2n) is 5.12. The molecule has 1 atom stereocenters. The first kappa shape index (κ1) is 14.3. The fourth-order valence-corrected chi connectivity index (χ4v) is 2.77. The van der Waals surface area contributed by atoms with E-state index in [4.69, 9.17) is 14.0 Å². The summed E-state index contributed by atoms with van der Waals surface area (Å²) in [5, 5.41) is 3.96. The molecule has 114 valence electrons. The van der Waals surface area contributed by atoms with Crippen LogP contribution in [0.25, 0.3) is 11.1 Å². The average molecular weight is 301 g/mol. The van der Waals surface area contributed by atoms with Gasteiger partial charge in [-0.05, 0) is 30.7 Å². The number of Topliss-reactive ketones (excluding diaryl/α,β-unsaturated/α-hetero) is 1. The zero-order chi connectivity index (χ0) is 15.9. The standard InChI is InChI=1S/C16H15NO5/c1-8-14-10-5-4-9(20-2)6-11(10)15(18)12(16(19)21-3)7-13(14)22-17-8/h4-6,12H,7H2,1-3H3. The van der Waals surface area contributed by atoms with Crippen LogP contribution in [0.15, 0.2) is 22.7 Å². The fraction of sp³-hybridized carbons (Fsp3) is 0.312. The van der Waals surface area contributed by atoms with Gasteiger partial charge >= 0.3 is 5.97 Å². The second-order valence-corrected chi connectivity index (χ2v) is 5.12. The summed E-state index contributed by atoms with van der Waals surface area (Å²) in [6.07, 6.45) is 0.138. The Balaban J connectivity index is 2.26. The number of fused-ring (bicyclic) bond motifs is 3. The quantitative estimate of drug-likeness (QED) is 0.625. The Morgan fingerprint density at radius 1 is 1.32 bits per heavy atom. The lowest BCUT2D eigenvalue weighted by atomic mass is 9.94. The number of esters is 1. The fourth-order valence-electron chi connectivity index (χ4n) is 2.77. The number of hydrogen-bond acceptors (Lipinski definition) is 6. The minimum Gasteiger partial charge on any atom is -0.497 e. The van der Waals surface area contributed by atoms with E-state index in [2.05, 4.69) is 5.16 Å². The van der Waals surface area contributed by atoms with Crippen LogP contribution in [0.1, 0.15) is 21.8 Å². The molecule has 0 saturated heterocycles. The molecule has 0 bridgehead atoms. The molecule has 0 N–H and O–H groups in total. The summed E-state index contributed by atoms with van der Waals surface area (Å²) < 4.78 is 15.3. The zero-order valence-corrected chi connectivity index (χ0v) is 12.5. The number of ether oxygens (including phenoxy) is 2. The number of carbonyl (C=O) groups excluding carboxylic acids is 2. The van der Waals surface area contributed by atoms with E-state index in [0.29, 0.717) is 28.3 Å². The number of nitrogens with zero attached hydrogens (tertiary/aromatic N) is 1. The van der Waals surface area contributed by atoms with Gasteiger partial charge in [0.25, 0.3) is 0 Å². The van der Waals surface area contributed by atoms with Crippen LogP contribution in [-0.2, 0) is 16.0 Å². The maximum Gasteiger partial charge on any atom is 0.317 e. The van der Waals surface area contributed by atoms with Crippen LogP contribution in [0.3, 0.4) is 0 Å². The Labute approximate surface area is 127 Å². The minimum atomic E-state index is -0.940. The highest BCUT2D eigenvalue weighted by Gasteiger charge is 2.37. The third-order valence-electron chi connectivity index (χ3n) is 3.89. The van der Waals surface area contributed by atoms with Crippen LogP contribution in [0.4, 0.5) is 0 Å². The van der Waals surface area contributed by atoms with E-state index in [1.165, 1.54) is 14.2 Å². The van der Waals surface area contributed by atoms with Gasteiger partial charge in [0.05, 0.1) is 19.9 Å². The molecule has 6 heteroatoms. The van der Waals surface area contributed by atoms with Crippen molar-refractivity contribution in [3.8, 4) is 16.9 Å². The van der Waals surface area contributed by atoms with Gasteiger partial charge in [-0.3, -0.25) is 9.59 Å². The molecule has 1 unspecified atom stereocenters. The van der Waals surface area contributed by atoms with Gasteiger partial charge < -0.3 is 14.0 Å². The smallest absolute Gasteiger partial charge is 0.317 e. The molecule has 0 aliphatic heterocycles. The summed E-state index contributed by atoms with van der Waals surface area (Å²) in [7, 11) is 2.79. The highest BCUT2D eigenvalue weighted by atomic mass is 16.5. The Morgan fingerprint density at radius 3 is 2.77 bits per heavy atom.